The summed E-state index contributed by atoms with van der Waals surface area (Å²) in [6.45, 7) is 0.0642. The van der Waals surface area contributed by atoms with Crippen molar-refractivity contribution >= 4 is 95.3 Å². The molecule has 0 spiro atoms. The highest BCUT2D eigenvalue weighted by Crippen LogP contribution is 2.48. The monoisotopic (exact) mass is 583 g/mol. The maximum Gasteiger partial charge on any atom is 0.253 e. The van der Waals surface area contributed by atoms with E-state index in [4.69, 9.17) is 0 Å². The van der Waals surface area contributed by atoms with Crippen LogP contribution in [0.25, 0.3) is 38.1 Å². The number of hydrogen-bond donors (Lipinski definition) is 0. The number of rotatable bonds is 2. The molecule has 2 aliphatic rings. The van der Waals surface area contributed by atoms with Crippen LogP contribution in [0.3, 0.4) is 0 Å². The van der Waals surface area contributed by atoms with Gasteiger partial charge in [-0.05, 0) is 77.1 Å². The van der Waals surface area contributed by atoms with Crippen molar-refractivity contribution in [1.82, 2.24) is 4.40 Å². The molecule has 4 heterocycles. The van der Waals surface area contributed by atoms with Crippen LogP contribution in [0.1, 0.15) is 0 Å². The lowest BCUT2D eigenvalue weighted by Crippen LogP contribution is -2.61. The van der Waals surface area contributed by atoms with Crippen molar-refractivity contribution in [2.24, 2.45) is 0 Å². The molecule has 11 rings (SSSR count). The van der Waals surface area contributed by atoms with E-state index in [9.17, 15) is 0 Å². The topological polar surface area (TPSA) is 10.9 Å². The Labute approximate surface area is 266 Å². The van der Waals surface area contributed by atoms with Gasteiger partial charge < -0.3 is 14.2 Å². The first-order chi connectivity index (χ1) is 22.9. The second-order valence-electron chi connectivity index (χ2n) is 12.5. The molecule has 0 fully saturated rings. The first-order valence-corrected chi connectivity index (χ1v) is 16.0. The van der Waals surface area contributed by atoms with Crippen molar-refractivity contribution in [1.29, 1.82) is 0 Å². The molecule has 2 aromatic heterocycles. The smallest absolute Gasteiger partial charge is 0.253 e. The molecule has 0 N–H and O–H groups in total. The molecule has 0 saturated carbocycles. The van der Waals surface area contributed by atoms with Gasteiger partial charge in [0, 0.05) is 55.7 Å². The van der Waals surface area contributed by atoms with Crippen LogP contribution in [0.2, 0.25) is 0 Å². The lowest BCUT2D eigenvalue weighted by molar-refractivity contribution is 1.26. The quantitative estimate of drug-likeness (QED) is 0.188. The summed E-state index contributed by atoms with van der Waals surface area (Å²) in [4.78, 5) is 4.98. The lowest BCUT2D eigenvalue weighted by atomic mass is 9.33. The molecule has 0 radical (unpaired) electrons. The highest BCUT2D eigenvalue weighted by molar-refractivity contribution is 7.02. The number of hydrogen-bond acceptors (Lipinski definition) is 2. The summed E-state index contributed by atoms with van der Waals surface area (Å²) in [5.74, 6) is 0. The molecular formula is C42H26BN3. The molecule has 3 nitrogen and oxygen atoms in total. The van der Waals surface area contributed by atoms with Crippen molar-refractivity contribution in [2.75, 3.05) is 9.80 Å². The second-order valence-corrected chi connectivity index (χ2v) is 12.5. The van der Waals surface area contributed by atoms with Crippen molar-refractivity contribution < 1.29 is 0 Å². The Morgan fingerprint density at radius 2 is 0.935 bits per heavy atom. The largest absolute Gasteiger partial charge is 0.311 e. The molecule has 0 aliphatic carbocycles. The van der Waals surface area contributed by atoms with E-state index in [2.05, 4.69) is 172 Å². The lowest BCUT2D eigenvalue weighted by Gasteiger charge is -2.44. The van der Waals surface area contributed by atoms with Gasteiger partial charge in [-0.3, -0.25) is 0 Å². The Balaban J connectivity index is 1.37. The van der Waals surface area contributed by atoms with E-state index >= 15 is 0 Å². The molecule has 0 bridgehead atoms. The summed E-state index contributed by atoms with van der Waals surface area (Å²) in [7, 11) is 0. The van der Waals surface area contributed by atoms with Crippen molar-refractivity contribution in [3.8, 4) is 0 Å². The van der Waals surface area contributed by atoms with E-state index in [1.54, 1.807) is 0 Å². The molecule has 0 atom stereocenters. The Bertz CT molecular complexity index is 2660. The molecular weight excluding hydrogens is 557 g/mol. The summed E-state index contributed by atoms with van der Waals surface area (Å²) in [5.41, 5.74) is 15.2. The normalized spacial score (nSPS) is 13.5. The van der Waals surface area contributed by atoms with Crippen LogP contribution in [0.5, 0.6) is 0 Å². The third-order valence-electron chi connectivity index (χ3n) is 10.3. The average Bonchev–Trinajstić information content (AvgIpc) is 3.64. The molecule has 9 aromatic rings. The molecule has 4 heteroatoms. The van der Waals surface area contributed by atoms with Gasteiger partial charge in [-0.15, -0.1) is 0 Å². The highest BCUT2D eigenvalue weighted by Gasteiger charge is 2.44. The van der Waals surface area contributed by atoms with Crippen LogP contribution >= 0.6 is 0 Å². The summed E-state index contributed by atoms with van der Waals surface area (Å²) >= 11 is 0. The third-order valence-corrected chi connectivity index (χ3v) is 10.3. The highest BCUT2D eigenvalue weighted by atomic mass is 15.2. The summed E-state index contributed by atoms with van der Waals surface area (Å²) in [6, 6.07) is 58.0. The minimum absolute atomic E-state index is 0.0642. The van der Waals surface area contributed by atoms with Gasteiger partial charge in [-0.2, -0.15) is 0 Å². The average molecular weight is 584 g/mol. The van der Waals surface area contributed by atoms with Crippen molar-refractivity contribution in [3.63, 3.8) is 0 Å². The van der Waals surface area contributed by atoms with Gasteiger partial charge in [0.2, 0.25) is 0 Å². The van der Waals surface area contributed by atoms with Gasteiger partial charge in [-0.1, -0.05) is 97.1 Å². The van der Waals surface area contributed by atoms with Crippen LogP contribution in [-0.4, -0.2) is 11.1 Å². The molecule has 46 heavy (non-hydrogen) atoms. The fourth-order valence-electron chi connectivity index (χ4n) is 8.60. The fraction of sp³-hybridized carbons (Fsp3) is 0. The van der Waals surface area contributed by atoms with E-state index in [1.807, 2.05) is 0 Å². The molecule has 0 unspecified atom stereocenters. The van der Waals surface area contributed by atoms with E-state index in [-0.39, 0.29) is 6.71 Å². The summed E-state index contributed by atoms with van der Waals surface area (Å²) in [6.07, 6.45) is 0. The Kier molecular flexibility index (Phi) is 4.66. The van der Waals surface area contributed by atoms with Gasteiger partial charge in [0.1, 0.15) is 0 Å². The zero-order valence-corrected chi connectivity index (χ0v) is 24.9. The zero-order valence-electron chi connectivity index (χ0n) is 24.9. The van der Waals surface area contributed by atoms with Crippen LogP contribution in [-0.2, 0) is 0 Å². The molecule has 0 saturated heterocycles. The standard InChI is InChI=1S/C42H26BN3/c1-3-14-27(15-4-1)44-35-23-12-9-20-32(35)43-40-36(44)24-13-25-37(40)45(28-16-5-2-6-17-28)38-26-31-29-18-7-10-21-33(29)46-34-22-11-8-19-30(34)39(41(38)43)42(31)46/h1-26H. The Morgan fingerprint density at radius 3 is 1.65 bits per heavy atom. The van der Waals surface area contributed by atoms with Crippen molar-refractivity contribution in [2.45, 2.75) is 0 Å². The number of aromatic nitrogens is 1. The van der Waals surface area contributed by atoms with Gasteiger partial charge in [0.15, 0.2) is 0 Å². The second kappa shape index (κ2) is 8.80. The number of para-hydroxylation sites is 5. The van der Waals surface area contributed by atoms with Crippen LogP contribution < -0.4 is 26.2 Å². The minimum Gasteiger partial charge on any atom is -0.311 e. The van der Waals surface area contributed by atoms with Crippen LogP contribution in [0, 0.1) is 0 Å². The number of nitrogens with zero attached hydrogens (tertiary/aromatic N) is 3. The molecule has 0 amide bonds. The van der Waals surface area contributed by atoms with E-state index in [0.29, 0.717) is 0 Å². The number of fused-ring (bicyclic) bond motifs is 11. The van der Waals surface area contributed by atoms with Gasteiger partial charge in [0.05, 0.1) is 16.6 Å². The van der Waals surface area contributed by atoms with Crippen molar-refractivity contribution in [3.05, 3.63) is 158 Å². The van der Waals surface area contributed by atoms with E-state index < -0.39 is 0 Å². The van der Waals surface area contributed by atoms with Gasteiger partial charge in [-0.25, -0.2) is 0 Å². The molecule has 2 aliphatic heterocycles. The summed E-state index contributed by atoms with van der Waals surface area (Å²) in [5, 5.41) is 5.26. The van der Waals surface area contributed by atoms with Gasteiger partial charge in [0.25, 0.3) is 6.71 Å². The minimum atomic E-state index is 0.0642. The van der Waals surface area contributed by atoms with Crippen LogP contribution in [0.15, 0.2) is 158 Å². The Hall–Kier alpha value is -6.00. The first-order valence-electron chi connectivity index (χ1n) is 16.0. The Morgan fingerprint density at radius 1 is 0.391 bits per heavy atom. The first kappa shape index (κ1) is 24.3. The third kappa shape index (κ3) is 2.94. The van der Waals surface area contributed by atoms with Gasteiger partial charge >= 0.3 is 0 Å². The van der Waals surface area contributed by atoms with Crippen LogP contribution in [0.4, 0.5) is 34.1 Å². The zero-order chi connectivity index (χ0) is 29.9. The predicted octanol–water partition coefficient (Wildman–Crippen LogP) is 8.92. The van der Waals surface area contributed by atoms with E-state index in [1.165, 1.54) is 88.6 Å². The maximum atomic E-state index is 2.52. The predicted molar refractivity (Wildman–Crippen MR) is 195 cm³/mol. The number of benzene rings is 7. The van der Waals surface area contributed by atoms with E-state index in [0.717, 1.165) is 0 Å². The fourth-order valence-corrected chi connectivity index (χ4v) is 8.60. The molecule has 7 aromatic carbocycles. The SMILES string of the molecule is c1ccc(N2c3ccccc3B3c4c2cccc4N(c2ccccc2)c2cc4c5ccccc5n5c6ccccc6c(c23)c45)cc1. The maximum absolute atomic E-state index is 2.52. The number of anilines is 6. The summed E-state index contributed by atoms with van der Waals surface area (Å²) < 4.78 is 2.51. The molecule has 212 valence electrons.